The third kappa shape index (κ3) is 7.19. The molecule has 168 valence electrons. The number of carbonyl (C=O) groups is 2. The van der Waals surface area contributed by atoms with Gasteiger partial charge in [-0.15, -0.1) is 0 Å². The van der Waals surface area contributed by atoms with Crippen molar-refractivity contribution in [3.05, 3.63) is 59.7 Å². The number of carbonyl (C=O) groups excluding carboxylic acids is 2. The lowest BCUT2D eigenvalue weighted by Crippen LogP contribution is -2.22. The fourth-order valence-electron chi connectivity index (χ4n) is 3.21. The third-order valence-corrected chi connectivity index (χ3v) is 5.37. The van der Waals surface area contributed by atoms with Crippen LogP contribution in [0, 0.1) is 5.92 Å². The van der Waals surface area contributed by atoms with Crippen molar-refractivity contribution in [1.29, 1.82) is 0 Å². The molecule has 6 nitrogen and oxygen atoms in total. The van der Waals surface area contributed by atoms with Crippen molar-refractivity contribution in [2.24, 2.45) is 5.92 Å². The Balaban J connectivity index is 2.03. The van der Waals surface area contributed by atoms with Gasteiger partial charge in [-0.05, 0) is 49.2 Å². The van der Waals surface area contributed by atoms with Gasteiger partial charge < -0.3 is 24.5 Å². The van der Waals surface area contributed by atoms with Crippen molar-refractivity contribution in [3.63, 3.8) is 0 Å². The molecule has 0 fully saturated rings. The molecule has 0 aliphatic rings. The normalized spacial score (nSPS) is 13.4. The highest BCUT2D eigenvalue weighted by Gasteiger charge is 2.23. The van der Waals surface area contributed by atoms with E-state index in [1.807, 2.05) is 48.5 Å². The van der Waals surface area contributed by atoms with Crippen LogP contribution in [0.2, 0.25) is 0 Å². The highest BCUT2D eigenvalue weighted by atomic mass is 16.5. The summed E-state index contributed by atoms with van der Waals surface area (Å²) in [5, 5.41) is 18.3. The van der Waals surface area contributed by atoms with Gasteiger partial charge in [-0.3, -0.25) is 4.79 Å². The summed E-state index contributed by atoms with van der Waals surface area (Å²) >= 11 is 0. The van der Waals surface area contributed by atoms with E-state index < -0.39 is 12.0 Å². The number of ketones is 2. The van der Waals surface area contributed by atoms with E-state index in [-0.39, 0.29) is 43.2 Å². The molecule has 0 aliphatic heterocycles. The molecular formula is C25H32O6. The molecule has 0 aromatic heterocycles. The van der Waals surface area contributed by atoms with E-state index in [1.54, 1.807) is 0 Å². The van der Waals surface area contributed by atoms with Crippen molar-refractivity contribution in [3.8, 4) is 11.5 Å². The first-order chi connectivity index (χ1) is 14.6. The van der Waals surface area contributed by atoms with E-state index in [0.29, 0.717) is 11.5 Å². The number of hydrogen-bond acceptors (Lipinski definition) is 6. The van der Waals surface area contributed by atoms with Gasteiger partial charge in [-0.1, -0.05) is 38.1 Å². The summed E-state index contributed by atoms with van der Waals surface area (Å²) in [5.41, 5.74) is 1.92. The minimum Gasteiger partial charge on any atom is -0.493 e. The molecule has 31 heavy (non-hydrogen) atoms. The lowest BCUT2D eigenvalue weighted by molar-refractivity contribution is -0.126. The SMILES string of the molecule is CC(=O)CC(COc1ccc(C(C)(C)c2ccc(OCC(O)CO)cc2)cc1)C(C)=O. The Hall–Kier alpha value is -2.70. The van der Waals surface area contributed by atoms with Crippen LogP contribution >= 0.6 is 0 Å². The second-order valence-corrected chi connectivity index (χ2v) is 8.35. The molecule has 0 saturated carbocycles. The summed E-state index contributed by atoms with van der Waals surface area (Å²) in [5.74, 6) is 0.780. The molecule has 0 heterocycles. The molecule has 0 radical (unpaired) electrons. The molecule has 0 saturated heterocycles. The second-order valence-electron chi connectivity index (χ2n) is 8.35. The summed E-state index contributed by atoms with van der Waals surface area (Å²) in [6.07, 6.45) is -0.705. The van der Waals surface area contributed by atoms with E-state index in [1.165, 1.54) is 13.8 Å². The van der Waals surface area contributed by atoms with Crippen LogP contribution in [-0.4, -0.2) is 47.7 Å². The van der Waals surface area contributed by atoms with E-state index in [9.17, 15) is 14.7 Å². The zero-order valence-corrected chi connectivity index (χ0v) is 18.6. The average Bonchev–Trinajstić information content (AvgIpc) is 2.75. The van der Waals surface area contributed by atoms with E-state index in [2.05, 4.69) is 13.8 Å². The van der Waals surface area contributed by atoms with Gasteiger partial charge in [0, 0.05) is 11.8 Å². The van der Waals surface area contributed by atoms with Crippen molar-refractivity contribution in [2.45, 2.75) is 45.6 Å². The van der Waals surface area contributed by atoms with Gasteiger partial charge in [-0.2, -0.15) is 0 Å². The number of Topliss-reactive ketones (excluding diaryl/α,β-unsaturated/α-hetero) is 2. The highest BCUT2D eigenvalue weighted by molar-refractivity contribution is 5.85. The molecular weight excluding hydrogens is 396 g/mol. The average molecular weight is 429 g/mol. The lowest BCUT2D eigenvalue weighted by Gasteiger charge is -2.26. The van der Waals surface area contributed by atoms with Gasteiger partial charge in [0.2, 0.25) is 0 Å². The standard InChI is InChI=1S/C25H32O6/c1-17(27)13-19(18(2)28)15-30-23-9-5-20(6-10-23)25(3,4)21-7-11-24(12-8-21)31-16-22(29)14-26/h5-12,19,22,26,29H,13-16H2,1-4H3. The number of benzene rings is 2. The van der Waals surface area contributed by atoms with Crippen LogP contribution in [0.5, 0.6) is 11.5 Å². The van der Waals surface area contributed by atoms with E-state index in [4.69, 9.17) is 14.6 Å². The van der Waals surface area contributed by atoms with Gasteiger partial charge in [0.1, 0.15) is 35.8 Å². The molecule has 0 bridgehead atoms. The first kappa shape index (κ1) is 24.6. The molecule has 6 heteroatoms. The Kier molecular flexibility index (Phi) is 8.77. The molecule has 0 spiro atoms. The summed E-state index contributed by atoms with van der Waals surface area (Å²) in [4.78, 5) is 23.0. The quantitative estimate of drug-likeness (QED) is 0.539. The number of hydrogen-bond donors (Lipinski definition) is 2. The van der Waals surface area contributed by atoms with Gasteiger partial charge in [0.25, 0.3) is 0 Å². The molecule has 2 rings (SSSR count). The number of ether oxygens (including phenoxy) is 2. The minimum absolute atomic E-state index is 0.0260. The summed E-state index contributed by atoms with van der Waals surface area (Å²) in [7, 11) is 0. The maximum Gasteiger partial charge on any atom is 0.136 e. The Bertz CT molecular complexity index is 855. The fraction of sp³-hybridized carbons (Fsp3) is 0.440. The van der Waals surface area contributed by atoms with Gasteiger partial charge in [0.15, 0.2) is 0 Å². The van der Waals surface area contributed by atoms with Crippen LogP contribution in [0.15, 0.2) is 48.5 Å². The molecule has 2 aromatic rings. The zero-order chi connectivity index (χ0) is 23.0. The van der Waals surface area contributed by atoms with Crippen LogP contribution in [0.3, 0.4) is 0 Å². The monoisotopic (exact) mass is 428 g/mol. The highest BCUT2D eigenvalue weighted by Crippen LogP contribution is 2.33. The Morgan fingerprint density at radius 3 is 1.71 bits per heavy atom. The first-order valence-electron chi connectivity index (χ1n) is 10.4. The number of aliphatic hydroxyl groups excluding tert-OH is 2. The maximum atomic E-state index is 11.7. The van der Waals surface area contributed by atoms with E-state index >= 15 is 0 Å². The molecule has 0 aliphatic carbocycles. The zero-order valence-electron chi connectivity index (χ0n) is 18.6. The summed E-state index contributed by atoms with van der Waals surface area (Å²) in [6.45, 7) is 7.08. The van der Waals surface area contributed by atoms with E-state index in [0.717, 1.165) is 11.1 Å². The lowest BCUT2D eigenvalue weighted by atomic mass is 9.78. The second kappa shape index (κ2) is 11.1. The fourth-order valence-corrected chi connectivity index (χ4v) is 3.21. The van der Waals surface area contributed by atoms with Gasteiger partial charge in [-0.25, -0.2) is 0 Å². The van der Waals surface area contributed by atoms with Crippen LogP contribution in [0.25, 0.3) is 0 Å². The summed E-state index contributed by atoms with van der Waals surface area (Å²) < 4.78 is 11.2. The van der Waals surface area contributed by atoms with Gasteiger partial charge in [0.05, 0.1) is 19.1 Å². The largest absolute Gasteiger partial charge is 0.493 e. The third-order valence-electron chi connectivity index (χ3n) is 5.37. The van der Waals surface area contributed by atoms with Crippen molar-refractivity contribution >= 4 is 11.6 Å². The van der Waals surface area contributed by atoms with Crippen LogP contribution < -0.4 is 9.47 Å². The molecule has 0 amide bonds. The van der Waals surface area contributed by atoms with Crippen molar-refractivity contribution in [2.75, 3.05) is 19.8 Å². The molecule has 2 unspecified atom stereocenters. The Labute approximate surface area is 183 Å². The van der Waals surface area contributed by atoms with Crippen molar-refractivity contribution in [1.82, 2.24) is 0 Å². The topological polar surface area (TPSA) is 93.1 Å². The van der Waals surface area contributed by atoms with Crippen molar-refractivity contribution < 1.29 is 29.3 Å². The predicted molar refractivity (Wildman–Crippen MR) is 119 cm³/mol. The summed E-state index contributed by atoms with van der Waals surface area (Å²) in [6, 6.07) is 15.4. The number of aliphatic hydroxyl groups is 2. The Morgan fingerprint density at radius 2 is 1.32 bits per heavy atom. The molecule has 2 aromatic carbocycles. The van der Waals surface area contributed by atoms with Crippen LogP contribution in [-0.2, 0) is 15.0 Å². The maximum absolute atomic E-state index is 11.7. The van der Waals surface area contributed by atoms with Gasteiger partial charge >= 0.3 is 0 Å². The molecule has 2 N–H and O–H groups in total. The minimum atomic E-state index is -0.898. The Morgan fingerprint density at radius 1 is 0.871 bits per heavy atom. The van der Waals surface area contributed by atoms with Crippen LogP contribution in [0.1, 0.15) is 45.2 Å². The predicted octanol–water partition coefficient (Wildman–Crippen LogP) is 3.31. The smallest absolute Gasteiger partial charge is 0.136 e. The molecule has 2 atom stereocenters. The number of rotatable bonds is 12. The van der Waals surface area contributed by atoms with Crippen LogP contribution in [0.4, 0.5) is 0 Å². The first-order valence-corrected chi connectivity index (χ1v) is 10.4.